The number of rotatable bonds is 2. The molecule has 3 heterocycles. The first-order valence-corrected chi connectivity index (χ1v) is 7.00. The van der Waals surface area contributed by atoms with Crippen LogP contribution in [0.1, 0.15) is 11.4 Å². The van der Waals surface area contributed by atoms with Gasteiger partial charge in [0.05, 0.1) is 17.9 Å². The Morgan fingerprint density at radius 1 is 1.18 bits per heavy atom. The van der Waals surface area contributed by atoms with Crippen LogP contribution >= 0.6 is 0 Å². The predicted molar refractivity (Wildman–Crippen MR) is 83.2 cm³/mol. The molecule has 0 atom stereocenters. The number of nitrogens with two attached hydrogens (primary N) is 1. The Bertz CT molecular complexity index is 884. The molecule has 0 fully saturated rings. The molecule has 0 spiro atoms. The van der Waals surface area contributed by atoms with E-state index in [4.69, 9.17) is 10.5 Å². The minimum Gasteiger partial charge on any atom is -0.474 e. The Kier molecular flexibility index (Phi) is 2.78. The number of anilines is 1. The predicted octanol–water partition coefficient (Wildman–Crippen LogP) is 1.48. The summed E-state index contributed by atoms with van der Waals surface area (Å²) in [4.78, 5) is 13.3. The van der Waals surface area contributed by atoms with Crippen LogP contribution in [0.2, 0.25) is 0 Å². The Morgan fingerprint density at radius 3 is 2.73 bits per heavy atom. The van der Waals surface area contributed by atoms with E-state index in [1.54, 1.807) is 4.68 Å². The molecular weight excluding hydrogens is 280 g/mol. The largest absolute Gasteiger partial charge is 0.474 e. The summed E-state index contributed by atoms with van der Waals surface area (Å²) in [6, 6.07) is 9.77. The van der Waals surface area contributed by atoms with Gasteiger partial charge in [-0.05, 0) is 19.1 Å². The number of hydrogen-bond acceptors (Lipinski definition) is 6. The summed E-state index contributed by atoms with van der Waals surface area (Å²) in [7, 11) is 0. The first-order valence-electron chi connectivity index (χ1n) is 7.00. The zero-order chi connectivity index (χ0) is 15.1. The van der Waals surface area contributed by atoms with E-state index in [1.807, 2.05) is 37.3 Å². The molecule has 2 aromatic heterocycles. The van der Waals surface area contributed by atoms with Crippen molar-refractivity contribution in [3.8, 4) is 5.69 Å². The van der Waals surface area contributed by atoms with Crippen LogP contribution in [0.25, 0.3) is 16.9 Å². The molecule has 4 rings (SSSR count). The van der Waals surface area contributed by atoms with Crippen molar-refractivity contribution in [1.82, 2.24) is 19.7 Å². The summed E-state index contributed by atoms with van der Waals surface area (Å²) in [5, 5.41) is 4.52. The van der Waals surface area contributed by atoms with Gasteiger partial charge in [0.15, 0.2) is 17.2 Å². The lowest BCUT2D eigenvalue weighted by molar-refractivity contribution is 0.347. The highest BCUT2D eigenvalue weighted by atomic mass is 16.5. The van der Waals surface area contributed by atoms with E-state index >= 15 is 0 Å². The minimum absolute atomic E-state index is 0.297. The first-order chi connectivity index (χ1) is 10.7. The molecule has 1 aliphatic rings. The van der Waals surface area contributed by atoms with Crippen LogP contribution in [0.5, 0.6) is 0 Å². The second kappa shape index (κ2) is 4.80. The number of aryl methyl sites for hydroxylation is 1. The van der Waals surface area contributed by atoms with Gasteiger partial charge in [0.2, 0.25) is 5.90 Å². The quantitative estimate of drug-likeness (QED) is 0.773. The molecule has 3 aromatic rings. The molecule has 2 N–H and O–H groups in total. The van der Waals surface area contributed by atoms with Crippen LogP contribution in [0.3, 0.4) is 0 Å². The summed E-state index contributed by atoms with van der Waals surface area (Å²) in [6.07, 6.45) is 0. The number of hydrogen-bond donors (Lipinski definition) is 1. The molecule has 0 bridgehead atoms. The standard InChI is InChI=1S/C15H14N6O/c1-9-11-14(21(20-9)10-5-3-2-4-6-10)19-13(16)12(18-11)15-17-7-8-22-15/h2-6H,7-8H2,1H3,(H2,16,19). The molecule has 0 saturated carbocycles. The van der Waals surface area contributed by atoms with Crippen LogP contribution in [-0.2, 0) is 4.74 Å². The Morgan fingerprint density at radius 2 is 2.00 bits per heavy atom. The number of aromatic nitrogens is 4. The fourth-order valence-electron chi connectivity index (χ4n) is 2.46. The van der Waals surface area contributed by atoms with Crippen molar-refractivity contribution in [2.24, 2.45) is 4.99 Å². The molecule has 110 valence electrons. The molecule has 0 aliphatic carbocycles. The average Bonchev–Trinajstić information content (AvgIpc) is 3.16. The van der Waals surface area contributed by atoms with Crippen LogP contribution in [-0.4, -0.2) is 38.8 Å². The van der Waals surface area contributed by atoms with Gasteiger partial charge >= 0.3 is 0 Å². The third-order valence-corrected chi connectivity index (χ3v) is 3.49. The van der Waals surface area contributed by atoms with Crippen molar-refractivity contribution in [1.29, 1.82) is 0 Å². The van der Waals surface area contributed by atoms with Gasteiger partial charge in [0.25, 0.3) is 0 Å². The number of nitrogen functional groups attached to an aromatic ring is 1. The molecule has 0 radical (unpaired) electrons. The molecule has 1 aliphatic heterocycles. The minimum atomic E-state index is 0.297. The maximum absolute atomic E-state index is 6.05. The van der Waals surface area contributed by atoms with E-state index in [1.165, 1.54) is 0 Å². The van der Waals surface area contributed by atoms with E-state index in [0.29, 0.717) is 41.7 Å². The van der Waals surface area contributed by atoms with E-state index < -0.39 is 0 Å². The average molecular weight is 294 g/mol. The summed E-state index contributed by atoms with van der Waals surface area (Å²) >= 11 is 0. The molecule has 22 heavy (non-hydrogen) atoms. The summed E-state index contributed by atoms with van der Waals surface area (Å²) in [5.74, 6) is 0.754. The highest BCUT2D eigenvalue weighted by Gasteiger charge is 2.20. The van der Waals surface area contributed by atoms with Gasteiger partial charge in [-0.3, -0.25) is 0 Å². The molecule has 1 aromatic carbocycles. The first kappa shape index (κ1) is 12.8. The smallest absolute Gasteiger partial charge is 0.239 e. The van der Waals surface area contributed by atoms with E-state index in [-0.39, 0.29) is 0 Å². The topological polar surface area (TPSA) is 91.2 Å². The Hall–Kier alpha value is -2.96. The van der Waals surface area contributed by atoms with Crippen LogP contribution in [0.4, 0.5) is 5.82 Å². The molecule has 7 heteroatoms. The van der Waals surface area contributed by atoms with Gasteiger partial charge in [-0.1, -0.05) is 18.2 Å². The number of aliphatic imine (C=N–C) groups is 1. The van der Waals surface area contributed by atoms with E-state index in [9.17, 15) is 0 Å². The number of benzene rings is 1. The van der Waals surface area contributed by atoms with Gasteiger partial charge in [0.1, 0.15) is 12.1 Å². The lowest BCUT2D eigenvalue weighted by Crippen LogP contribution is -2.11. The SMILES string of the molecule is Cc1nn(-c2ccccc2)c2nc(N)c(C3=NCCO3)nc12. The van der Waals surface area contributed by atoms with E-state index in [2.05, 4.69) is 20.1 Å². The second-order valence-corrected chi connectivity index (χ2v) is 5.00. The normalized spacial score (nSPS) is 14.1. The van der Waals surface area contributed by atoms with Crippen molar-refractivity contribution in [3.05, 3.63) is 41.7 Å². The molecule has 0 saturated heterocycles. The van der Waals surface area contributed by atoms with Crippen molar-refractivity contribution in [2.45, 2.75) is 6.92 Å². The highest BCUT2D eigenvalue weighted by molar-refractivity contribution is 5.99. The Balaban J connectivity index is 1.94. The van der Waals surface area contributed by atoms with Crippen LogP contribution < -0.4 is 5.73 Å². The number of nitrogens with zero attached hydrogens (tertiary/aromatic N) is 5. The summed E-state index contributed by atoms with van der Waals surface area (Å²) < 4.78 is 7.19. The van der Waals surface area contributed by atoms with Crippen molar-refractivity contribution in [2.75, 3.05) is 18.9 Å². The molecule has 0 amide bonds. The third-order valence-electron chi connectivity index (χ3n) is 3.49. The number of para-hydroxylation sites is 1. The van der Waals surface area contributed by atoms with Crippen molar-refractivity contribution in [3.63, 3.8) is 0 Å². The van der Waals surface area contributed by atoms with E-state index in [0.717, 1.165) is 11.4 Å². The second-order valence-electron chi connectivity index (χ2n) is 5.00. The summed E-state index contributed by atoms with van der Waals surface area (Å²) in [5.41, 5.74) is 9.56. The van der Waals surface area contributed by atoms with Crippen molar-refractivity contribution >= 4 is 22.9 Å². The zero-order valence-corrected chi connectivity index (χ0v) is 12.0. The molecule has 0 unspecified atom stereocenters. The zero-order valence-electron chi connectivity index (χ0n) is 12.0. The molecule has 7 nitrogen and oxygen atoms in total. The maximum Gasteiger partial charge on any atom is 0.239 e. The third kappa shape index (κ3) is 1.90. The lowest BCUT2D eigenvalue weighted by Gasteiger charge is -2.06. The summed E-state index contributed by atoms with van der Waals surface area (Å²) in [6.45, 7) is 3.07. The van der Waals surface area contributed by atoms with Gasteiger partial charge in [-0.15, -0.1) is 0 Å². The lowest BCUT2D eigenvalue weighted by atomic mass is 10.3. The van der Waals surface area contributed by atoms with Gasteiger partial charge in [0, 0.05) is 0 Å². The maximum atomic E-state index is 6.05. The van der Waals surface area contributed by atoms with Gasteiger partial charge in [-0.2, -0.15) is 5.10 Å². The van der Waals surface area contributed by atoms with Crippen LogP contribution in [0.15, 0.2) is 35.3 Å². The monoisotopic (exact) mass is 294 g/mol. The van der Waals surface area contributed by atoms with Gasteiger partial charge < -0.3 is 10.5 Å². The number of fused-ring (bicyclic) bond motifs is 1. The fourth-order valence-corrected chi connectivity index (χ4v) is 2.46. The van der Waals surface area contributed by atoms with Crippen LogP contribution in [0, 0.1) is 6.92 Å². The number of ether oxygens (including phenoxy) is 1. The van der Waals surface area contributed by atoms with Crippen molar-refractivity contribution < 1.29 is 4.74 Å². The fraction of sp³-hybridized carbons (Fsp3) is 0.200. The molecular formula is C15H14N6O. The Labute approximate surface area is 126 Å². The van der Waals surface area contributed by atoms with Gasteiger partial charge in [-0.25, -0.2) is 19.6 Å². The highest BCUT2D eigenvalue weighted by Crippen LogP contribution is 2.22.